The molecule has 26 heavy (non-hydrogen) atoms. The number of carbonyl (C=O) groups is 1. The Labute approximate surface area is 149 Å². The van der Waals surface area contributed by atoms with Gasteiger partial charge in [0.15, 0.2) is 0 Å². The van der Waals surface area contributed by atoms with E-state index < -0.39 is 6.10 Å². The molecule has 9 heteroatoms. The van der Waals surface area contributed by atoms with Crippen LogP contribution in [0, 0.1) is 0 Å². The van der Waals surface area contributed by atoms with E-state index in [1.807, 2.05) is 6.07 Å². The minimum absolute atomic E-state index is 0.0868. The van der Waals surface area contributed by atoms with Crippen molar-refractivity contribution in [2.45, 2.75) is 43.6 Å². The first-order chi connectivity index (χ1) is 12.7. The van der Waals surface area contributed by atoms with Gasteiger partial charge in [0.05, 0.1) is 19.3 Å². The Bertz CT molecular complexity index is 753. The van der Waals surface area contributed by atoms with Crippen LogP contribution in [-0.2, 0) is 20.7 Å². The number of aromatic nitrogens is 3. The van der Waals surface area contributed by atoms with Crippen LogP contribution in [0.25, 0.3) is 11.4 Å². The summed E-state index contributed by atoms with van der Waals surface area (Å²) in [5.74, 6) is 0.892. The summed E-state index contributed by atoms with van der Waals surface area (Å²) < 4.78 is 16.2. The summed E-state index contributed by atoms with van der Waals surface area (Å²) in [6.45, 7) is 0.606. The van der Waals surface area contributed by atoms with Gasteiger partial charge in [0.1, 0.15) is 18.3 Å². The largest absolute Gasteiger partial charge is 0.388 e. The van der Waals surface area contributed by atoms with Gasteiger partial charge in [-0.15, -0.1) is 0 Å². The second-order valence-electron chi connectivity index (χ2n) is 6.44. The molecule has 1 amide bonds. The molecular formula is C17H20N4O5. The topological polar surface area (TPSA) is 120 Å². The monoisotopic (exact) mass is 360 g/mol. The SMILES string of the molecule is O=C(CCCc1nc(-c2cccnc2)no1)N[C@H]1CO[C@H]2[C@@H]1OC[C@H]2O. The van der Waals surface area contributed by atoms with Crippen LogP contribution >= 0.6 is 0 Å². The average molecular weight is 360 g/mol. The Morgan fingerprint density at radius 1 is 1.31 bits per heavy atom. The Balaban J connectivity index is 1.23. The van der Waals surface area contributed by atoms with E-state index in [1.165, 1.54) is 0 Å². The predicted octanol–water partition coefficient (Wildman–Crippen LogP) is 0.0976. The van der Waals surface area contributed by atoms with E-state index in [4.69, 9.17) is 14.0 Å². The van der Waals surface area contributed by atoms with Crippen LogP contribution in [0.5, 0.6) is 0 Å². The summed E-state index contributed by atoms with van der Waals surface area (Å²) >= 11 is 0. The zero-order valence-corrected chi connectivity index (χ0v) is 14.1. The Hall–Kier alpha value is -2.36. The molecule has 0 spiro atoms. The van der Waals surface area contributed by atoms with Crippen LogP contribution in [0.3, 0.4) is 0 Å². The van der Waals surface area contributed by atoms with E-state index in [0.717, 1.165) is 5.56 Å². The highest BCUT2D eigenvalue weighted by Crippen LogP contribution is 2.27. The molecule has 9 nitrogen and oxygen atoms in total. The third-order valence-electron chi connectivity index (χ3n) is 4.56. The fourth-order valence-electron chi connectivity index (χ4n) is 3.25. The second-order valence-corrected chi connectivity index (χ2v) is 6.44. The lowest BCUT2D eigenvalue weighted by Crippen LogP contribution is -2.44. The molecule has 2 aromatic rings. The molecule has 0 unspecified atom stereocenters. The number of nitrogens with one attached hydrogen (secondary N) is 1. The van der Waals surface area contributed by atoms with E-state index in [2.05, 4.69) is 20.4 Å². The molecule has 2 aliphatic rings. The van der Waals surface area contributed by atoms with Crippen LogP contribution in [0.1, 0.15) is 18.7 Å². The number of aliphatic hydroxyl groups excluding tert-OH is 1. The third-order valence-corrected chi connectivity index (χ3v) is 4.56. The van der Waals surface area contributed by atoms with Crippen LogP contribution in [0.15, 0.2) is 29.0 Å². The lowest BCUT2D eigenvalue weighted by Gasteiger charge is -2.17. The number of aryl methyl sites for hydroxylation is 1. The first-order valence-electron chi connectivity index (χ1n) is 8.64. The first-order valence-corrected chi connectivity index (χ1v) is 8.64. The summed E-state index contributed by atoms with van der Waals surface area (Å²) in [6, 6.07) is 3.44. The van der Waals surface area contributed by atoms with Crippen molar-refractivity contribution in [2.75, 3.05) is 13.2 Å². The quantitative estimate of drug-likeness (QED) is 0.744. The minimum Gasteiger partial charge on any atom is -0.388 e. The first kappa shape index (κ1) is 17.1. The molecule has 2 fully saturated rings. The van der Waals surface area contributed by atoms with Gasteiger partial charge in [-0.1, -0.05) is 5.16 Å². The van der Waals surface area contributed by atoms with Crippen molar-refractivity contribution in [3.05, 3.63) is 30.4 Å². The maximum atomic E-state index is 12.1. The van der Waals surface area contributed by atoms with Gasteiger partial charge in [0.25, 0.3) is 0 Å². The number of carbonyl (C=O) groups excluding carboxylic acids is 1. The van der Waals surface area contributed by atoms with Crippen LogP contribution in [0.2, 0.25) is 0 Å². The van der Waals surface area contributed by atoms with E-state index in [-0.39, 0.29) is 30.8 Å². The highest BCUT2D eigenvalue weighted by atomic mass is 16.6. The molecule has 4 rings (SSSR count). The van der Waals surface area contributed by atoms with Crippen molar-refractivity contribution < 1.29 is 23.9 Å². The normalized spacial score (nSPS) is 27.4. The summed E-state index contributed by atoms with van der Waals surface area (Å²) in [4.78, 5) is 20.5. The van der Waals surface area contributed by atoms with Crippen molar-refractivity contribution >= 4 is 5.91 Å². The molecule has 0 aromatic carbocycles. The van der Waals surface area contributed by atoms with Gasteiger partial charge in [-0.2, -0.15) is 4.98 Å². The fraction of sp³-hybridized carbons (Fsp3) is 0.529. The van der Waals surface area contributed by atoms with Gasteiger partial charge in [0, 0.05) is 30.8 Å². The number of fused-ring (bicyclic) bond motifs is 1. The third kappa shape index (κ3) is 3.59. The summed E-state index contributed by atoms with van der Waals surface area (Å²) in [5.41, 5.74) is 0.787. The van der Waals surface area contributed by atoms with Gasteiger partial charge in [-0.05, 0) is 18.6 Å². The van der Waals surface area contributed by atoms with Gasteiger partial charge in [-0.3, -0.25) is 9.78 Å². The maximum absolute atomic E-state index is 12.1. The van der Waals surface area contributed by atoms with Crippen molar-refractivity contribution in [1.82, 2.24) is 20.4 Å². The lowest BCUT2D eigenvalue weighted by atomic mass is 10.1. The molecular weight excluding hydrogens is 340 g/mol. The van der Waals surface area contributed by atoms with E-state index in [1.54, 1.807) is 18.5 Å². The van der Waals surface area contributed by atoms with E-state index >= 15 is 0 Å². The predicted molar refractivity (Wildman–Crippen MR) is 87.9 cm³/mol. The highest BCUT2D eigenvalue weighted by Gasteiger charge is 2.47. The number of hydrogen-bond donors (Lipinski definition) is 2. The summed E-state index contributed by atoms with van der Waals surface area (Å²) in [6.07, 6.45) is 3.56. The molecule has 2 saturated heterocycles. The smallest absolute Gasteiger partial charge is 0.226 e. The molecule has 0 aliphatic carbocycles. The van der Waals surface area contributed by atoms with Crippen molar-refractivity contribution in [2.24, 2.45) is 0 Å². The molecule has 4 atom stereocenters. The summed E-state index contributed by atoms with van der Waals surface area (Å²) in [5, 5.41) is 16.6. The van der Waals surface area contributed by atoms with E-state index in [0.29, 0.717) is 37.6 Å². The molecule has 2 aromatic heterocycles. The fourth-order valence-corrected chi connectivity index (χ4v) is 3.25. The number of ether oxygens (including phenoxy) is 2. The van der Waals surface area contributed by atoms with Crippen molar-refractivity contribution in [3.8, 4) is 11.4 Å². The molecule has 0 bridgehead atoms. The van der Waals surface area contributed by atoms with Crippen LogP contribution < -0.4 is 5.32 Å². The molecule has 0 radical (unpaired) electrons. The molecule has 0 saturated carbocycles. The number of pyridine rings is 1. The molecule has 138 valence electrons. The average Bonchev–Trinajstić information content (AvgIpc) is 3.36. The molecule has 4 heterocycles. The minimum atomic E-state index is -0.617. The van der Waals surface area contributed by atoms with Gasteiger partial charge < -0.3 is 24.4 Å². The number of nitrogens with zero attached hydrogens (tertiary/aromatic N) is 3. The zero-order valence-electron chi connectivity index (χ0n) is 14.1. The summed E-state index contributed by atoms with van der Waals surface area (Å²) in [7, 11) is 0. The maximum Gasteiger partial charge on any atom is 0.226 e. The van der Waals surface area contributed by atoms with Gasteiger partial charge in [-0.25, -0.2) is 0 Å². The number of aliphatic hydroxyl groups is 1. The van der Waals surface area contributed by atoms with Crippen molar-refractivity contribution in [1.29, 1.82) is 0 Å². The number of rotatable bonds is 6. The number of amides is 1. The lowest BCUT2D eigenvalue weighted by molar-refractivity contribution is -0.122. The Morgan fingerprint density at radius 3 is 3.04 bits per heavy atom. The zero-order chi connectivity index (χ0) is 17.9. The Morgan fingerprint density at radius 2 is 2.19 bits per heavy atom. The molecule has 2 N–H and O–H groups in total. The Kier molecular flexibility index (Phi) is 4.91. The second kappa shape index (κ2) is 7.48. The van der Waals surface area contributed by atoms with Crippen LogP contribution in [0.4, 0.5) is 0 Å². The van der Waals surface area contributed by atoms with Gasteiger partial charge >= 0.3 is 0 Å². The van der Waals surface area contributed by atoms with Crippen LogP contribution in [-0.4, -0.2) is 63.7 Å². The standard InChI is InChI=1S/C17H20N4O5/c22-12-9-25-15-11(8-24-16(12)15)19-13(23)4-1-5-14-20-17(21-26-14)10-3-2-6-18-7-10/h2-3,6-7,11-12,15-16,22H,1,4-5,8-9H2,(H,19,23)/t11-,12+,15+,16+/m0/s1. The van der Waals surface area contributed by atoms with E-state index in [9.17, 15) is 9.90 Å². The highest BCUT2D eigenvalue weighted by molar-refractivity contribution is 5.76. The molecule has 2 aliphatic heterocycles. The number of hydrogen-bond acceptors (Lipinski definition) is 8. The van der Waals surface area contributed by atoms with Gasteiger partial charge in [0.2, 0.25) is 17.6 Å². The van der Waals surface area contributed by atoms with Crippen molar-refractivity contribution in [3.63, 3.8) is 0 Å².